The van der Waals surface area contributed by atoms with Gasteiger partial charge in [0.1, 0.15) is 6.29 Å². The number of hydrogen-bond acceptors (Lipinski definition) is 2. The van der Waals surface area contributed by atoms with E-state index in [2.05, 4.69) is 0 Å². The number of aldehydes is 1. The molecule has 8 heavy (non-hydrogen) atoms. The summed E-state index contributed by atoms with van der Waals surface area (Å²) < 4.78 is 0. The normalized spacial score (nSPS) is 11.0. The van der Waals surface area contributed by atoms with Crippen LogP contribution in [0.4, 0.5) is 0 Å². The van der Waals surface area contributed by atoms with Gasteiger partial charge in [0.2, 0.25) is 0 Å². The van der Waals surface area contributed by atoms with Crippen molar-refractivity contribution >= 4 is 12.1 Å². The molecule has 0 aromatic heterocycles. The largest absolute Gasteiger partial charge is 0.298 e. The maximum absolute atomic E-state index is 10.2. The average Bonchev–Trinajstić information content (AvgIpc) is 1.65. The Morgan fingerprint density at radius 1 is 1.38 bits per heavy atom. The lowest BCUT2D eigenvalue weighted by atomic mass is 10.3. The van der Waals surface area contributed by atoms with Gasteiger partial charge in [0.25, 0.3) is 0 Å². The molecule has 0 fully saturated rings. The van der Waals surface area contributed by atoms with Crippen LogP contribution < -0.4 is 0 Å². The maximum Gasteiger partial charge on any atom is 0.152 e. The third kappa shape index (κ3) is 3.28. The van der Waals surface area contributed by atoms with Crippen LogP contribution in [0.5, 0.6) is 0 Å². The Bertz CT molecular complexity index is 133. The molecule has 44 valence electrons. The molecular weight excluding hydrogens is 104 g/mol. The Hall–Kier alpha value is -0.920. The molecule has 0 saturated heterocycles. The Kier molecular flexibility index (Phi) is 2.77. The number of rotatable bonds is 2. The number of ketones is 1. The third-order valence-corrected chi connectivity index (χ3v) is 0.617. The quantitative estimate of drug-likeness (QED) is 0.389. The zero-order chi connectivity index (χ0) is 6.57. The molecule has 0 spiro atoms. The zero-order valence-electron chi connectivity index (χ0n) is 4.97. The molecule has 0 rings (SSSR count). The summed E-state index contributed by atoms with van der Waals surface area (Å²) in [5.41, 5.74) is 0.470. The highest BCUT2D eigenvalue weighted by molar-refractivity contribution is 5.92. The zero-order valence-corrected chi connectivity index (χ0v) is 4.97. The monoisotopic (exact) mass is 112 g/mol. The van der Waals surface area contributed by atoms with Crippen LogP contribution in [0.1, 0.15) is 13.8 Å². The predicted molar refractivity (Wildman–Crippen MR) is 30.5 cm³/mol. The van der Waals surface area contributed by atoms with E-state index in [-0.39, 0.29) is 5.78 Å². The number of carbonyl (C=O) groups is 2. The van der Waals surface area contributed by atoms with Gasteiger partial charge in [0, 0.05) is 0 Å². The van der Waals surface area contributed by atoms with Crippen molar-refractivity contribution in [2.45, 2.75) is 13.8 Å². The third-order valence-electron chi connectivity index (χ3n) is 0.617. The summed E-state index contributed by atoms with van der Waals surface area (Å²) in [4.78, 5) is 20.0. The Balaban J connectivity index is 3.94. The second-order valence-corrected chi connectivity index (χ2v) is 1.62. The van der Waals surface area contributed by atoms with Crippen molar-refractivity contribution in [3.8, 4) is 0 Å². The smallest absolute Gasteiger partial charge is 0.152 e. The molecule has 0 N–H and O–H groups in total. The van der Waals surface area contributed by atoms with Crippen LogP contribution in [-0.4, -0.2) is 12.1 Å². The molecule has 2 nitrogen and oxygen atoms in total. The standard InChI is InChI=1S/C6H8O2/c1-5(4-7)3-6(2)8/h3-4H,1-2H3/b5-3-. The summed E-state index contributed by atoms with van der Waals surface area (Å²) in [6.45, 7) is 3.00. The number of carbonyl (C=O) groups excluding carboxylic acids is 2. The minimum absolute atomic E-state index is 0.0883. The van der Waals surface area contributed by atoms with E-state index < -0.39 is 0 Å². The SMILES string of the molecule is CC(=O)/C=C(/C)C=O. The van der Waals surface area contributed by atoms with Crippen molar-refractivity contribution in [2.75, 3.05) is 0 Å². The first-order valence-electron chi connectivity index (χ1n) is 2.31. The summed E-state index contributed by atoms with van der Waals surface area (Å²) in [6.07, 6.45) is 1.95. The molecule has 0 aliphatic carbocycles. The van der Waals surface area contributed by atoms with Crippen molar-refractivity contribution in [1.29, 1.82) is 0 Å². The van der Waals surface area contributed by atoms with Gasteiger partial charge in [0.15, 0.2) is 5.78 Å². The van der Waals surface area contributed by atoms with Gasteiger partial charge < -0.3 is 0 Å². The van der Waals surface area contributed by atoms with Gasteiger partial charge in [-0.05, 0) is 25.5 Å². The van der Waals surface area contributed by atoms with E-state index in [1.54, 1.807) is 6.92 Å². The highest BCUT2D eigenvalue weighted by Crippen LogP contribution is 1.84. The van der Waals surface area contributed by atoms with Crippen LogP contribution in [0.15, 0.2) is 11.6 Å². The van der Waals surface area contributed by atoms with E-state index in [1.165, 1.54) is 13.0 Å². The van der Waals surface area contributed by atoms with Gasteiger partial charge in [-0.25, -0.2) is 0 Å². The lowest BCUT2D eigenvalue weighted by Gasteiger charge is -1.79. The van der Waals surface area contributed by atoms with Crippen LogP contribution in [0.3, 0.4) is 0 Å². The highest BCUT2D eigenvalue weighted by atomic mass is 16.1. The Labute approximate surface area is 48.2 Å². The molecule has 0 aliphatic heterocycles. The minimum atomic E-state index is -0.0883. The summed E-state index contributed by atoms with van der Waals surface area (Å²) >= 11 is 0. The Morgan fingerprint density at radius 3 is 2.00 bits per heavy atom. The highest BCUT2D eigenvalue weighted by Gasteiger charge is 1.85. The molecule has 0 aromatic rings. The molecule has 0 unspecified atom stereocenters. The van der Waals surface area contributed by atoms with Crippen molar-refractivity contribution in [3.63, 3.8) is 0 Å². The van der Waals surface area contributed by atoms with Crippen LogP contribution >= 0.6 is 0 Å². The van der Waals surface area contributed by atoms with E-state index in [4.69, 9.17) is 0 Å². The fraction of sp³-hybridized carbons (Fsp3) is 0.333. The molecule has 0 aromatic carbocycles. The van der Waals surface area contributed by atoms with E-state index in [1.807, 2.05) is 0 Å². The lowest BCUT2D eigenvalue weighted by Crippen LogP contribution is -1.84. The van der Waals surface area contributed by atoms with Gasteiger partial charge in [-0.1, -0.05) is 0 Å². The van der Waals surface area contributed by atoms with Gasteiger partial charge in [0.05, 0.1) is 0 Å². The number of allylic oxidation sites excluding steroid dienone is 2. The fourth-order valence-corrected chi connectivity index (χ4v) is 0.355. The summed E-state index contributed by atoms with van der Waals surface area (Å²) in [7, 11) is 0. The van der Waals surface area contributed by atoms with Crippen molar-refractivity contribution in [2.24, 2.45) is 0 Å². The van der Waals surface area contributed by atoms with Crippen LogP contribution in [0, 0.1) is 0 Å². The van der Waals surface area contributed by atoms with Crippen LogP contribution in [0.25, 0.3) is 0 Å². The van der Waals surface area contributed by atoms with E-state index in [9.17, 15) is 9.59 Å². The van der Waals surface area contributed by atoms with Gasteiger partial charge in [-0.2, -0.15) is 0 Å². The topological polar surface area (TPSA) is 34.1 Å². The first-order chi connectivity index (χ1) is 3.66. The molecule has 0 radical (unpaired) electrons. The Morgan fingerprint density at radius 2 is 1.88 bits per heavy atom. The lowest BCUT2D eigenvalue weighted by molar-refractivity contribution is -0.113. The van der Waals surface area contributed by atoms with Crippen LogP contribution in [-0.2, 0) is 9.59 Å². The van der Waals surface area contributed by atoms with E-state index >= 15 is 0 Å². The summed E-state index contributed by atoms with van der Waals surface area (Å²) in [5.74, 6) is -0.0883. The van der Waals surface area contributed by atoms with E-state index in [0.29, 0.717) is 11.9 Å². The number of hydrogen-bond donors (Lipinski definition) is 0. The average molecular weight is 112 g/mol. The molecule has 0 saturated carbocycles. The van der Waals surface area contributed by atoms with E-state index in [0.717, 1.165) is 0 Å². The molecule has 0 amide bonds. The van der Waals surface area contributed by atoms with Crippen LogP contribution in [0.2, 0.25) is 0 Å². The first-order valence-corrected chi connectivity index (χ1v) is 2.31. The van der Waals surface area contributed by atoms with Crippen molar-refractivity contribution in [1.82, 2.24) is 0 Å². The predicted octanol–water partition coefficient (Wildman–Crippen LogP) is 0.721. The van der Waals surface area contributed by atoms with Gasteiger partial charge in [-0.3, -0.25) is 9.59 Å². The van der Waals surface area contributed by atoms with Crippen molar-refractivity contribution < 1.29 is 9.59 Å². The fourth-order valence-electron chi connectivity index (χ4n) is 0.355. The molecule has 2 heteroatoms. The molecule has 0 bridgehead atoms. The van der Waals surface area contributed by atoms with Gasteiger partial charge in [-0.15, -0.1) is 0 Å². The van der Waals surface area contributed by atoms with Gasteiger partial charge >= 0.3 is 0 Å². The minimum Gasteiger partial charge on any atom is -0.298 e. The summed E-state index contributed by atoms with van der Waals surface area (Å²) in [6, 6.07) is 0. The second kappa shape index (κ2) is 3.13. The van der Waals surface area contributed by atoms with Crippen molar-refractivity contribution in [3.05, 3.63) is 11.6 Å². The summed E-state index contributed by atoms with van der Waals surface area (Å²) in [5, 5.41) is 0. The molecular formula is C6H8O2. The molecule has 0 atom stereocenters. The first kappa shape index (κ1) is 7.08. The molecule has 0 aliphatic rings. The maximum atomic E-state index is 10.2. The second-order valence-electron chi connectivity index (χ2n) is 1.62. The molecule has 0 heterocycles.